The summed E-state index contributed by atoms with van der Waals surface area (Å²) in [4.78, 5) is 13.5. The van der Waals surface area contributed by atoms with Gasteiger partial charge in [0.15, 0.2) is 0 Å². The molecule has 0 heterocycles. The first-order valence-corrected chi connectivity index (χ1v) is 5.48. The number of amides is 1. The Labute approximate surface area is 113 Å². The Bertz CT molecular complexity index is 389. The third-order valence-electron chi connectivity index (χ3n) is 2.59. The van der Waals surface area contributed by atoms with Gasteiger partial charge in [0, 0.05) is 18.3 Å². The summed E-state index contributed by atoms with van der Waals surface area (Å²) in [7, 11) is 1.82. The minimum absolute atomic E-state index is 0. The number of hydrogen-bond donors (Lipinski definition) is 2. The third-order valence-corrected chi connectivity index (χ3v) is 2.59. The molecular formula is C12H19ClFN3O. The van der Waals surface area contributed by atoms with Crippen LogP contribution >= 0.6 is 12.4 Å². The minimum Gasteiger partial charge on any atom is -0.329 e. The third kappa shape index (κ3) is 5.44. The molecule has 1 aromatic rings. The largest absolute Gasteiger partial charge is 0.329 e. The smallest absolute Gasteiger partial charge is 0.238 e. The number of hydrogen-bond acceptors (Lipinski definition) is 3. The van der Waals surface area contributed by atoms with E-state index in [2.05, 4.69) is 5.32 Å². The van der Waals surface area contributed by atoms with E-state index in [1.165, 1.54) is 12.1 Å². The second-order valence-corrected chi connectivity index (χ2v) is 4.06. The number of carbonyl (C=O) groups is 1. The van der Waals surface area contributed by atoms with Gasteiger partial charge in [0.1, 0.15) is 5.82 Å². The Morgan fingerprint density at radius 3 is 2.78 bits per heavy atom. The zero-order chi connectivity index (χ0) is 12.8. The summed E-state index contributed by atoms with van der Waals surface area (Å²) in [6.07, 6.45) is 0. The maximum atomic E-state index is 12.9. The molecule has 0 saturated carbocycles. The summed E-state index contributed by atoms with van der Waals surface area (Å²) in [5.74, 6) is -0.551. The van der Waals surface area contributed by atoms with E-state index in [-0.39, 0.29) is 36.7 Å². The van der Waals surface area contributed by atoms with Gasteiger partial charge in [-0.15, -0.1) is 12.4 Å². The molecule has 1 atom stereocenters. The molecule has 0 bridgehead atoms. The Morgan fingerprint density at radius 2 is 2.22 bits per heavy atom. The van der Waals surface area contributed by atoms with Crippen molar-refractivity contribution in [1.29, 1.82) is 0 Å². The summed E-state index contributed by atoms with van der Waals surface area (Å²) in [6.45, 7) is 2.66. The normalized spacial score (nSPS) is 11.8. The van der Waals surface area contributed by atoms with Gasteiger partial charge in [-0.05, 0) is 32.2 Å². The minimum atomic E-state index is -0.369. The maximum Gasteiger partial charge on any atom is 0.238 e. The van der Waals surface area contributed by atoms with Crippen LogP contribution in [0.3, 0.4) is 0 Å². The van der Waals surface area contributed by atoms with Crippen LogP contribution in [-0.4, -0.2) is 37.0 Å². The zero-order valence-electron chi connectivity index (χ0n) is 10.5. The monoisotopic (exact) mass is 275 g/mol. The van der Waals surface area contributed by atoms with Crippen molar-refractivity contribution in [3.8, 4) is 0 Å². The van der Waals surface area contributed by atoms with Crippen molar-refractivity contribution in [2.45, 2.75) is 13.0 Å². The number of halogens is 2. The fraction of sp³-hybridized carbons (Fsp3) is 0.417. The van der Waals surface area contributed by atoms with E-state index in [1.807, 2.05) is 18.9 Å². The highest BCUT2D eigenvalue weighted by Crippen LogP contribution is 2.08. The number of likely N-dealkylation sites (N-methyl/N-ethyl adjacent to an activating group) is 1. The van der Waals surface area contributed by atoms with Crippen molar-refractivity contribution >= 4 is 24.0 Å². The number of carbonyl (C=O) groups excluding carboxylic acids is 1. The van der Waals surface area contributed by atoms with Crippen LogP contribution in [-0.2, 0) is 4.79 Å². The predicted octanol–water partition coefficient (Wildman–Crippen LogP) is 1.47. The van der Waals surface area contributed by atoms with Gasteiger partial charge in [0.2, 0.25) is 5.91 Å². The summed E-state index contributed by atoms with van der Waals surface area (Å²) in [5.41, 5.74) is 5.96. The molecule has 0 aliphatic carbocycles. The Hall–Kier alpha value is -1.17. The second-order valence-electron chi connectivity index (χ2n) is 4.06. The lowest BCUT2D eigenvalue weighted by atomic mass is 10.3. The number of nitrogens with one attached hydrogen (secondary N) is 1. The molecule has 0 spiro atoms. The lowest BCUT2D eigenvalue weighted by molar-refractivity contribution is -0.117. The lowest BCUT2D eigenvalue weighted by Crippen LogP contribution is -2.40. The van der Waals surface area contributed by atoms with E-state index in [1.54, 1.807) is 12.1 Å². The summed E-state index contributed by atoms with van der Waals surface area (Å²) in [5, 5.41) is 2.63. The highest BCUT2D eigenvalue weighted by molar-refractivity contribution is 5.92. The van der Waals surface area contributed by atoms with E-state index in [9.17, 15) is 9.18 Å². The summed E-state index contributed by atoms with van der Waals surface area (Å²) < 4.78 is 12.9. The molecule has 3 N–H and O–H groups in total. The fourth-order valence-corrected chi connectivity index (χ4v) is 1.33. The van der Waals surface area contributed by atoms with E-state index in [4.69, 9.17) is 5.73 Å². The molecule has 0 aliphatic heterocycles. The molecule has 0 saturated heterocycles. The van der Waals surface area contributed by atoms with Crippen molar-refractivity contribution in [2.24, 2.45) is 5.73 Å². The van der Waals surface area contributed by atoms with Crippen LogP contribution in [0.15, 0.2) is 24.3 Å². The van der Waals surface area contributed by atoms with Gasteiger partial charge in [-0.1, -0.05) is 6.07 Å². The number of benzene rings is 1. The van der Waals surface area contributed by atoms with E-state index < -0.39 is 0 Å². The van der Waals surface area contributed by atoms with Crippen LogP contribution in [0.5, 0.6) is 0 Å². The van der Waals surface area contributed by atoms with Crippen molar-refractivity contribution in [3.63, 3.8) is 0 Å². The topological polar surface area (TPSA) is 58.4 Å². The Kier molecular flexibility index (Phi) is 7.50. The molecule has 102 valence electrons. The average molecular weight is 276 g/mol. The zero-order valence-corrected chi connectivity index (χ0v) is 11.3. The van der Waals surface area contributed by atoms with Crippen LogP contribution < -0.4 is 11.1 Å². The van der Waals surface area contributed by atoms with Gasteiger partial charge in [0.25, 0.3) is 0 Å². The van der Waals surface area contributed by atoms with Crippen LogP contribution in [0.2, 0.25) is 0 Å². The van der Waals surface area contributed by atoms with Gasteiger partial charge < -0.3 is 11.1 Å². The SMILES string of the molecule is CC(CN)N(C)CC(=O)Nc1cccc(F)c1.Cl. The summed E-state index contributed by atoms with van der Waals surface area (Å²) >= 11 is 0. The first kappa shape index (κ1) is 16.8. The summed E-state index contributed by atoms with van der Waals surface area (Å²) in [6, 6.07) is 5.95. The van der Waals surface area contributed by atoms with Crippen LogP contribution in [0.25, 0.3) is 0 Å². The van der Waals surface area contributed by atoms with Crippen LogP contribution in [0.1, 0.15) is 6.92 Å². The van der Waals surface area contributed by atoms with Gasteiger partial charge in [-0.25, -0.2) is 4.39 Å². The molecule has 1 aromatic carbocycles. The van der Waals surface area contributed by atoms with Gasteiger partial charge in [0.05, 0.1) is 6.54 Å². The number of nitrogens with two attached hydrogens (primary N) is 1. The average Bonchev–Trinajstić information content (AvgIpc) is 2.27. The van der Waals surface area contributed by atoms with Gasteiger partial charge >= 0.3 is 0 Å². The van der Waals surface area contributed by atoms with E-state index in [0.717, 1.165) is 0 Å². The molecule has 18 heavy (non-hydrogen) atoms. The van der Waals surface area contributed by atoms with Crippen molar-refractivity contribution in [1.82, 2.24) is 4.90 Å². The standard InChI is InChI=1S/C12H18FN3O.ClH/c1-9(7-14)16(2)8-12(17)15-11-5-3-4-10(13)6-11;/h3-6,9H,7-8,14H2,1-2H3,(H,15,17);1H. The Morgan fingerprint density at radius 1 is 1.56 bits per heavy atom. The van der Waals surface area contributed by atoms with E-state index >= 15 is 0 Å². The molecule has 4 nitrogen and oxygen atoms in total. The quantitative estimate of drug-likeness (QED) is 0.855. The predicted molar refractivity (Wildman–Crippen MR) is 73.4 cm³/mol. The molecule has 1 amide bonds. The van der Waals surface area contributed by atoms with E-state index in [0.29, 0.717) is 12.2 Å². The molecule has 0 fully saturated rings. The maximum absolute atomic E-state index is 12.9. The first-order chi connectivity index (χ1) is 8.02. The molecule has 0 radical (unpaired) electrons. The molecule has 1 rings (SSSR count). The highest BCUT2D eigenvalue weighted by Gasteiger charge is 2.11. The van der Waals surface area contributed by atoms with Crippen molar-refractivity contribution in [3.05, 3.63) is 30.1 Å². The van der Waals surface area contributed by atoms with Gasteiger partial charge in [-0.3, -0.25) is 9.69 Å². The second kappa shape index (κ2) is 8.02. The van der Waals surface area contributed by atoms with Crippen LogP contribution in [0, 0.1) is 5.82 Å². The molecule has 6 heteroatoms. The van der Waals surface area contributed by atoms with Gasteiger partial charge in [-0.2, -0.15) is 0 Å². The van der Waals surface area contributed by atoms with Crippen molar-refractivity contribution in [2.75, 3.05) is 25.5 Å². The molecule has 1 unspecified atom stereocenters. The number of nitrogens with zero attached hydrogens (tertiary/aromatic N) is 1. The fourth-order valence-electron chi connectivity index (χ4n) is 1.33. The lowest BCUT2D eigenvalue weighted by Gasteiger charge is -2.22. The molecular weight excluding hydrogens is 257 g/mol. The van der Waals surface area contributed by atoms with Crippen molar-refractivity contribution < 1.29 is 9.18 Å². The van der Waals surface area contributed by atoms with Crippen LogP contribution in [0.4, 0.5) is 10.1 Å². The Balaban J connectivity index is 0.00000289. The number of anilines is 1. The molecule has 0 aromatic heterocycles. The highest BCUT2D eigenvalue weighted by atomic mass is 35.5. The molecule has 0 aliphatic rings. The number of rotatable bonds is 5. The first-order valence-electron chi connectivity index (χ1n) is 5.48.